The average molecular weight is 397 g/mol. The molecule has 3 N–H and O–H groups in total. The van der Waals surface area contributed by atoms with Crippen LogP contribution in [0.3, 0.4) is 0 Å². The van der Waals surface area contributed by atoms with Crippen molar-refractivity contribution in [3.8, 4) is 0 Å². The standard InChI is InChI=1S/Ce.H3O4P.Tb/c;1-5(2,3)4;/h;(H3,1,2,3,4);. The minimum Gasteiger partial charge on any atom is -0.303 e. The summed E-state index contributed by atoms with van der Waals surface area (Å²) in [5.74, 6) is 0. The normalized spacial score (nSPS) is 8.43. The molecule has 0 saturated carbocycles. The molecule has 0 aliphatic carbocycles. The topological polar surface area (TPSA) is 77.8 Å². The number of hydrogen-bond acceptors (Lipinski definition) is 1. The van der Waals surface area contributed by atoms with E-state index in [9.17, 15) is 0 Å². The fraction of sp³-hybridized carbons (Fsp3) is 0. The Hall–Kier alpha value is 2.77. The van der Waals surface area contributed by atoms with Crippen LogP contribution in [-0.2, 0) is 4.57 Å². The van der Waals surface area contributed by atoms with Gasteiger partial charge in [-0.25, -0.2) is 4.57 Å². The molecule has 0 saturated heterocycles. The first kappa shape index (κ1) is 16.4. The van der Waals surface area contributed by atoms with E-state index in [-0.39, 0.29) is 80.4 Å². The summed E-state index contributed by atoms with van der Waals surface area (Å²) >= 11 is 0. The van der Waals surface area contributed by atoms with Crippen LogP contribution < -0.4 is 0 Å². The van der Waals surface area contributed by atoms with Gasteiger partial charge in [-0.3, -0.25) is 0 Å². The van der Waals surface area contributed by atoms with Gasteiger partial charge in [-0.05, 0) is 0 Å². The van der Waals surface area contributed by atoms with Gasteiger partial charge in [0.05, 0.1) is 0 Å². The van der Waals surface area contributed by atoms with Gasteiger partial charge in [0.1, 0.15) is 0 Å². The zero-order valence-corrected chi connectivity index (χ0v) is 9.20. The Morgan fingerprint density at radius 2 is 1.14 bits per heavy atom. The van der Waals surface area contributed by atoms with E-state index in [1.165, 1.54) is 0 Å². The molecule has 0 aromatic heterocycles. The molecule has 0 bridgehead atoms. The van der Waals surface area contributed by atoms with Crippen LogP contribution in [0, 0.1) is 80.4 Å². The minimum absolute atomic E-state index is 0. The third-order valence-corrected chi connectivity index (χ3v) is 0. The maximum atomic E-state index is 8.88. The number of hydrogen-bond donors (Lipinski definition) is 3. The van der Waals surface area contributed by atoms with Gasteiger partial charge in [-0.1, -0.05) is 0 Å². The van der Waals surface area contributed by atoms with Crippen molar-refractivity contribution in [2.24, 2.45) is 0 Å². The largest absolute Gasteiger partial charge is 0.466 e. The summed E-state index contributed by atoms with van der Waals surface area (Å²) in [6.45, 7) is 0. The molecular formula is H3CeO4PTb. The summed E-state index contributed by atoms with van der Waals surface area (Å²) in [6, 6.07) is 0. The van der Waals surface area contributed by atoms with Crippen molar-refractivity contribution in [2.45, 2.75) is 0 Å². The molecule has 0 rings (SSSR count). The van der Waals surface area contributed by atoms with Crippen LogP contribution in [0.2, 0.25) is 0 Å². The van der Waals surface area contributed by atoms with Crippen molar-refractivity contribution in [1.29, 1.82) is 0 Å². The van der Waals surface area contributed by atoms with E-state index in [2.05, 4.69) is 0 Å². The maximum Gasteiger partial charge on any atom is 0.466 e. The third kappa shape index (κ3) is 52.3. The molecule has 7 heteroatoms. The third-order valence-electron chi connectivity index (χ3n) is 0. The summed E-state index contributed by atoms with van der Waals surface area (Å²) in [4.78, 5) is 21.6. The van der Waals surface area contributed by atoms with Gasteiger partial charge in [-0.15, -0.1) is 0 Å². The van der Waals surface area contributed by atoms with Crippen molar-refractivity contribution < 1.29 is 99.6 Å². The van der Waals surface area contributed by atoms with E-state index in [0.717, 1.165) is 0 Å². The van der Waals surface area contributed by atoms with E-state index < -0.39 is 7.82 Å². The Kier molecular flexibility index (Phi) is 16.1. The molecule has 4 nitrogen and oxygen atoms in total. The van der Waals surface area contributed by atoms with E-state index in [1.807, 2.05) is 0 Å². The van der Waals surface area contributed by atoms with Gasteiger partial charge in [0, 0.05) is 80.4 Å². The first-order valence-electron chi connectivity index (χ1n) is 0.783. The molecule has 0 amide bonds. The number of phosphoric acid groups is 1. The SMILES string of the molecule is O=P(O)(O)O.[Ce].[Tb]. The second-order valence-corrected chi connectivity index (χ2v) is 1.54. The number of rotatable bonds is 0. The van der Waals surface area contributed by atoms with Crippen LogP contribution >= 0.6 is 7.82 Å². The first-order valence-corrected chi connectivity index (χ1v) is 2.35. The molecule has 0 heterocycles. The summed E-state index contributed by atoms with van der Waals surface area (Å²) in [6.07, 6.45) is 0. The molecule has 0 atom stereocenters. The van der Waals surface area contributed by atoms with Crippen LogP contribution in [0.5, 0.6) is 0 Å². The molecule has 1 radical (unpaired) electrons. The van der Waals surface area contributed by atoms with Gasteiger partial charge in [-0.2, -0.15) is 0 Å². The fourth-order valence-electron chi connectivity index (χ4n) is 0. The van der Waals surface area contributed by atoms with Gasteiger partial charge in [0.2, 0.25) is 0 Å². The summed E-state index contributed by atoms with van der Waals surface area (Å²) in [5.41, 5.74) is 0. The summed E-state index contributed by atoms with van der Waals surface area (Å²) in [7, 11) is -4.64. The van der Waals surface area contributed by atoms with Gasteiger partial charge in [0.25, 0.3) is 0 Å². The van der Waals surface area contributed by atoms with Crippen LogP contribution in [0.15, 0.2) is 0 Å². The Balaban J connectivity index is -0.0000000800. The predicted octanol–water partition coefficient (Wildman–Crippen LogP) is -0.929. The van der Waals surface area contributed by atoms with Crippen LogP contribution in [0.4, 0.5) is 0 Å². The average Bonchev–Trinajstić information content (AvgIpc) is 0.722. The monoisotopic (exact) mass is 397 g/mol. The Labute approximate surface area is 105 Å². The molecule has 0 aliphatic rings. The van der Waals surface area contributed by atoms with Gasteiger partial charge >= 0.3 is 7.82 Å². The van der Waals surface area contributed by atoms with Crippen LogP contribution in [-0.4, -0.2) is 14.7 Å². The van der Waals surface area contributed by atoms with Gasteiger partial charge < -0.3 is 14.7 Å². The molecule has 7 heavy (non-hydrogen) atoms. The smallest absolute Gasteiger partial charge is 0.303 e. The molecule has 45 valence electrons. The molecule has 0 spiro atoms. The molecule has 0 aromatic carbocycles. The zero-order valence-electron chi connectivity index (χ0n) is 3.03. The van der Waals surface area contributed by atoms with E-state index >= 15 is 0 Å². The minimum atomic E-state index is -4.64. The fourth-order valence-corrected chi connectivity index (χ4v) is 0. The summed E-state index contributed by atoms with van der Waals surface area (Å²) < 4.78 is 8.88. The molecule has 0 aliphatic heterocycles. The van der Waals surface area contributed by atoms with Crippen molar-refractivity contribution in [3.05, 3.63) is 0 Å². The molecule has 0 fully saturated rings. The van der Waals surface area contributed by atoms with Gasteiger partial charge in [0.15, 0.2) is 0 Å². The van der Waals surface area contributed by atoms with Crippen molar-refractivity contribution in [2.75, 3.05) is 0 Å². The molecule has 0 unspecified atom stereocenters. The zero-order chi connectivity index (χ0) is 4.50. The quantitative estimate of drug-likeness (QED) is 0.462. The van der Waals surface area contributed by atoms with E-state index in [4.69, 9.17) is 19.2 Å². The van der Waals surface area contributed by atoms with Crippen molar-refractivity contribution >= 4 is 7.82 Å². The maximum absolute atomic E-state index is 8.88. The van der Waals surface area contributed by atoms with E-state index in [1.54, 1.807) is 0 Å². The van der Waals surface area contributed by atoms with Crippen molar-refractivity contribution in [3.63, 3.8) is 0 Å². The van der Waals surface area contributed by atoms with E-state index in [0.29, 0.717) is 0 Å². The van der Waals surface area contributed by atoms with Crippen LogP contribution in [0.25, 0.3) is 0 Å². The predicted molar refractivity (Wildman–Crippen MR) is 14.3 cm³/mol. The molecular weight excluding hydrogens is 394 g/mol. The Morgan fingerprint density at radius 1 is 1.14 bits per heavy atom. The van der Waals surface area contributed by atoms with Crippen LogP contribution in [0.1, 0.15) is 0 Å². The second-order valence-electron chi connectivity index (χ2n) is 0.513. The van der Waals surface area contributed by atoms with Crippen molar-refractivity contribution in [1.82, 2.24) is 0 Å². The second kappa shape index (κ2) is 6.89. The first-order chi connectivity index (χ1) is 2.00. The molecule has 0 aromatic rings. The Bertz CT molecular complexity index is 57.8. The Morgan fingerprint density at radius 3 is 1.14 bits per heavy atom. The summed E-state index contributed by atoms with van der Waals surface area (Å²) in [5, 5.41) is 0.